The average molecular weight is 250 g/mol. The van der Waals surface area contributed by atoms with Gasteiger partial charge >= 0.3 is 0 Å². The van der Waals surface area contributed by atoms with Crippen molar-refractivity contribution in [3.8, 4) is 0 Å². The van der Waals surface area contributed by atoms with Crippen molar-refractivity contribution in [2.45, 2.75) is 42.8 Å². The van der Waals surface area contributed by atoms with Crippen molar-refractivity contribution in [1.29, 1.82) is 0 Å². The summed E-state index contributed by atoms with van der Waals surface area (Å²) < 4.78 is 0. The van der Waals surface area contributed by atoms with Crippen molar-refractivity contribution in [3.63, 3.8) is 0 Å². The summed E-state index contributed by atoms with van der Waals surface area (Å²) >= 11 is 1.78. The molecular weight excluding hydrogens is 232 g/mol. The number of hydrogen-bond donors (Lipinski definition) is 2. The third-order valence-electron chi connectivity index (χ3n) is 3.03. The van der Waals surface area contributed by atoms with Gasteiger partial charge in [-0.1, -0.05) is 18.1 Å². The first-order valence-corrected chi connectivity index (χ1v) is 6.82. The summed E-state index contributed by atoms with van der Waals surface area (Å²) in [5, 5.41) is 11.9. The number of nitrogens with zero attached hydrogens (tertiary/aromatic N) is 1. The van der Waals surface area contributed by atoms with Crippen LogP contribution in [0.3, 0.4) is 0 Å². The van der Waals surface area contributed by atoms with Gasteiger partial charge in [0.25, 0.3) is 0 Å². The second kappa shape index (κ2) is 5.45. The van der Waals surface area contributed by atoms with E-state index in [-0.39, 0.29) is 0 Å². The molecule has 3 nitrogen and oxygen atoms in total. The minimum Gasteiger partial charge on any atom is -0.409 e. The molecule has 0 saturated carbocycles. The Kier molecular flexibility index (Phi) is 3.94. The predicted octanol–water partition coefficient (Wildman–Crippen LogP) is 2.79. The number of thioether (sulfide) groups is 1. The minimum absolute atomic E-state index is 0.297. The first kappa shape index (κ1) is 12.3. The Morgan fingerprint density at radius 3 is 3.00 bits per heavy atom. The van der Waals surface area contributed by atoms with E-state index in [0.717, 1.165) is 0 Å². The van der Waals surface area contributed by atoms with Gasteiger partial charge in [-0.15, -0.1) is 11.8 Å². The van der Waals surface area contributed by atoms with Crippen LogP contribution in [0.2, 0.25) is 0 Å². The van der Waals surface area contributed by atoms with E-state index in [9.17, 15) is 0 Å². The highest BCUT2D eigenvalue weighted by Gasteiger charge is 2.13. The highest BCUT2D eigenvalue weighted by Crippen LogP contribution is 2.30. The first-order valence-electron chi connectivity index (χ1n) is 5.94. The first-order chi connectivity index (χ1) is 8.19. The summed E-state index contributed by atoms with van der Waals surface area (Å²) in [6.07, 6.45) is 4.32. The largest absolute Gasteiger partial charge is 0.409 e. The van der Waals surface area contributed by atoms with Gasteiger partial charge in [0.15, 0.2) is 0 Å². The minimum atomic E-state index is 0.297. The van der Waals surface area contributed by atoms with Gasteiger partial charge < -0.3 is 10.9 Å². The molecule has 0 amide bonds. The van der Waals surface area contributed by atoms with Crippen molar-refractivity contribution in [2.24, 2.45) is 10.9 Å². The molecular formula is C13H18N2OS. The van der Waals surface area contributed by atoms with Crippen molar-refractivity contribution in [1.82, 2.24) is 0 Å². The van der Waals surface area contributed by atoms with Crippen LogP contribution in [0, 0.1) is 0 Å². The number of oxime groups is 1. The maximum atomic E-state index is 8.53. The van der Waals surface area contributed by atoms with Gasteiger partial charge in [0.1, 0.15) is 5.84 Å². The number of rotatable bonds is 4. The van der Waals surface area contributed by atoms with Crippen molar-refractivity contribution in [3.05, 3.63) is 29.3 Å². The fourth-order valence-electron chi connectivity index (χ4n) is 2.23. The van der Waals surface area contributed by atoms with Gasteiger partial charge in [-0.25, -0.2) is 0 Å². The molecule has 17 heavy (non-hydrogen) atoms. The van der Waals surface area contributed by atoms with Crippen LogP contribution in [0.15, 0.2) is 28.3 Å². The molecule has 1 aromatic carbocycles. The summed E-state index contributed by atoms with van der Waals surface area (Å²) in [6.45, 7) is 2.09. The lowest BCUT2D eigenvalue weighted by Crippen LogP contribution is -2.16. The summed E-state index contributed by atoms with van der Waals surface area (Å²) in [4.78, 5) is 1.28. The molecule has 0 fully saturated rings. The number of benzene rings is 1. The van der Waals surface area contributed by atoms with E-state index in [1.54, 1.807) is 11.8 Å². The van der Waals surface area contributed by atoms with Crippen molar-refractivity contribution in [2.75, 3.05) is 0 Å². The van der Waals surface area contributed by atoms with Gasteiger partial charge in [0, 0.05) is 16.6 Å². The molecule has 0 bridgehead atoms. The molecule has 0 saturated heterocycles. The van der Waals surface area contributed by atoms with Crippen molar-refractivity contribution < 1.29 is 5.21 Å². The third kappa shape index (κ3) is 3.16. The Hall–Kier alpha value is -1.16. The Bertz CT molecular complexity index is 431. The zero-order valence-corrected chi connectivity index (χ0v) is 10.8. The van der Waals surface area contributed by atoms with Crippen molar-refractivity contribution >= 4 is 17.6 Å². The lowest BCUT2D eigenvalue weighted by molar-refractivity contribution is 0.317. The van der Waals surface area contributed by atoms with E-state index in [1.165, 1.54) is 35.3 Å². The van der Waals surface area contributed by atoms with Gasteiger partial charge in [-0.05, 0) is 42.5 Å². The van der Waals surface area contributed by atoms with Crippen LogP contribution in [0.1, 0.15) is 30.9 Å². The smallest absolute Gasteiger partial charge is 0.140 e. The Balaban J connectivity index is 1.99. The monoisotopic (exact) mass is 250 g/mol. The molecule has 1 aliphatic rings. The van der Waals surface area contributed by atoms with Crippen LogP contribution in [-0.4, -0.2) is 16.3 Å². The normalized spacial score (nSPS) is 16.9. The average Bonchev–Trinajstić information content (AvgIpc) is 2.75. The van der Waals surface area contributed by atoms with E-state index in [1.807, 2.05) is 0 Å². The zero-order chi connectivity index (χ0) is 12.3. The van der Waals surface area contributed by atoms with E-state index < -0.39 is 0 Å². The van der Waals surface area contributed by atoms with E-state index in [0.29, 0.717) is 17.5 Å². The number of hydrogen-bond acceptors (Lipinski definition) is 3. The second-order valence-electron chi connectivity index (χ2n) is 4.51. The van der Waals surface area contributed by atoms with Crippen LogP contribution < -0.4 is 5.73 Å². The number of amidine groups is 1. The van der Waals surface area contributed by atoms with Gasteiger partial charge in [-0.3, -0.25) is 0 Å². The molecule has 2 rings (SSSR count). The van der Waals surface area contributed by atoms with E-state index >= 15 is 0 Å². The predicted molar refractivity (Wildman–Crippen MR) is 71.8 cm³/mol. The molecule has 0 spiro atoms. The van der Waals surface area contributed by atoms with Gasteiger partial charge in [0.2, 0.25) is 0 Å². The van der Waals surface area contributed by atoms with Gasteiger partial charge in [-0.2, -0.15) is 0 Å². The SMILES string of the molecule is CC(CC(N)=NO)Sc1ccc2c(c1)CCC2. The molecule has 0 aliphatic heterocycles. The Morgan fingerprint density at radius 1 is 1.47 bits per heavy atom. The second-order valence-corrected chi connectivity index (χ2v) is 6.02. The topological polar surface area (TPSA) is 58.6 Å². The van der Waals surface area contributed by atoms with Crippen LogP contribution in [0.25, 0.3) is 0 Å². The Morgan fingerprint density at radius 2 is 2.24 bits per heavy atom. The lowest BCUT2D eigenvalue weighted by atomic mass is 10.1. The quantitative estimate of drug-likeness (QED) is 0.284. The van der Waals surface area contributed by atoms with E-state index in [4.69, 9.17) is 10.9 Å². The third-order valence-corrected chi connectivity index (χ3v) is 4.13. The molecule has 0 aromatic heterocycles. The standard InChI is InChI=1S/C13H18N2OS/c1-9(7-13(14)15-16)17-12-6-5-10-3-2-4-11(10)8-12/h5-6,8-9,16H,2-4,7H2,1H3,(H2,14,15). The molecule has 1 aliphatic carbocycles. The molecule has 1 unspecified atom stereocenters. The van der Waals surface area contributed by atoms with Gasteiger partial charge in [0.05, 0.1) is 0 Å². The summed E-state index contributed by atoms with van der Waals surface area (Å²) in [5.74, 6) is 0.297. The summed E-state index contributed by atoms with van der Waals surface area (Å²) in [5.41, 5.74) is 8.49. The number of nitrogens with two attached hydrogens (primary N) is 1. The Labute approximate surface area is 106 Å². The maximum absolute atomic E-state index is 8.53. The molecule has 0 radical (unpaired) electrons. The summed E-state index contributed by atoms with van der Waals surface area (Å²) in [6, 6.07) is 6.70. The fraction of sp³-hybridized carbons (Fsp3) is 0.462. The molecule has 1 atom stereocenters. The van der Waals surface area contributed by atoms with Crippen LogP contribution >= 0.6 is 11.8 Å². The summed E-state index contributed by atoms with van der Waals surface area (Å²) in [7, 11) is 0. The lowest BCUT2D eigenvalue weighted by Gasteiger charge is -2.11. The fourth-order valence-corrected chi connectivity index (χ4v) is 3.31. The molecule has 1 aromatic rings. The molecule has 0 heterocycles. The highest BCUT2D eigenvalue weighted by molar-refractivity contribution is 8.00. The van der Waals surface area contributed by atoms with Crippen LogP contribution in [0.5, 0.6) is 0 Å². The highest BCUT2D eigenvalue weighted by atomic mass is 32.2. The van der Waals surface area contributed by atoms with Crippen LogP contribution in [-0.2, 0) is 12.8 Å². The van der Waals surface area contributed by atoms with E-state index in [2.05, 4.69) is 30.3 Å². The zero-order valence-electron chi connectivity index (χ0n) is 10.0. The van der Waals surface area contributed by atoms with Crippen LogP contribution in [0.4, 0.5) is 0 Å². The molecule has 92 valence electrons. The maximum Gasteiger partial charge on any atom is 0.140 e. The number of aryl methyl sites for hydroxylation is 2. The molecule has 4 heteroatoms. The number of fused-ring (bicyclic) bond motifs is 1. The molecule has 3 N–H and O–H groups in total.